The zero-order valence-corrected chi connectivity index (χ0v) is 19.3. The molecule has 0 aliphatic rings. The number of carbonyl (C=O) groups is 3. The number of esters is 1. The maximum absolute atomic E-state index is 13.1. The summed E-state index contributed by atoms with van der Waals surface area (Å²) >= 11 is 0. The van der Waals surface area contributed by atoms with Gasteiger partial charge in [0, 0.05) is 0 Å². The Balaban J connectivity index is 2.13. The third-order valence-corrected chi connectivity index (χ3v) is 4.50. The zero-order chi connectivity index (χ0) is 23.7. The monoisotopic (exact) mass is 440 g/mol. The number of carbonyl (C=O) groups excluding carboxylic acids is 3. The average Bonchev–Trinajstić information content (AvgIpc) is 2.74. The first kappa shape index (κ1) is 24.9. The molecule has 0 aliphatic carbocycles. The Bertz CT molecular complexity index is 892. The van der Waals surface area contributed by atoms with Gasteiger partial charge in [-0.25, -0.2) is 9.59 Å². The van der Waals surface area contributed by atoms with Gasteiger partial charge in [0.25, 0.3) is 0 Å². The number of hydrogen-bond donors (Lipinski definition) is 2. The van der Waals surface area contributed by atoms with E-state index in [4.69, 9.17) is 9.47 Å². The van der Waals surface area contributed by atoms with Crippen LogP contribution in [0.4, 0.5) is 4.79 Å². The molecule has 2 aromatic carbocycles. The van der Waals surface area contributed by atoms with E-state index < -0.39 is 35.7 Å². The summed E-state index contributed by atoms with van der Waals surface area (Å²) in [7, 11) is 0. The maximum Gasteiger partial charge on any atom is 0.408 e. The molecule has 0 saturated carbocycles. The highest BCUT2D eigenvalue weighted by molar-refractivity contribution is 5.90. The molecule has 172 valence electrons. The quantitative estimate of drug-likeness (QED) is 0.602. The molecule has 2 atom stereocenters. The Morgan fingerprint density at radius 1 is 0.875 bits per heavy atom. The second kappa shape index (κ2) is 11.3. The molecule has 2 N–H and O–H groups in total. The molecule has 7 nitrogen and oxygen atoms in total. The standard InChI is InChI=1S/C25H32N2O5/c1-17(2)20(23(29)31-16-18-12-8-6-9-13-18)26-22(28)21(19-14-10-7-11-15-19)27-24(30)32-25(3,4)5/h6-15,17,20-21H,16H2,1-5H3,(H,26,28)(H,27,30)/t20-,21-/m0/s1. The lowest BCUT2D eigenvalue weighted by molar-refractivity contribution is -0.150. The Hall–Kier alpha value is -3.35. The number of nitrogens with one attached hydrogen (secondary N) is 2. The second-order valence-electron chi connectivity index (χ2n) is 8.81. The molecular weight excluding hydrogens is 408 g/mol. The summed E-state index contributed by atoms with van der Waals surface area (Å²) in [5, 5.41) is 5.34. The Labute approximate surface area is 189 Å². The topological polar surface area (TPSA) is 93.7 Å². The summed E-state index contributed by atoms with van der Waals surface area (Å²) < 4.78 is 10.7. The van der Waals surface area contributed by atoms with Crippen molar-refractivity contribution in [3.8, 4) is 0 Å². The van der Waals surface area contributed by atoms with E-state index in [2.05, 4.69) is 10.6 Å². The predicted molar refractivity (Wildman–Crippen MR) is 122 cm³/mol. The van der Waals surface area contributed by atoms with Crippen LogP contribution in [0.2, 0.25) is 0 Å². The van der Waals surface area contributed by atoms with Gasteiger partial charge in [-0.3, -0.25) is 4.79 Å². The van der Waals surface area contributed by atoms with E-state index in [1.165, 1.54) is 0 Å². The van der Waals surface area contributed by atoms with Crippen molar-refractivity contribution < 1.29 is 23.9 Å². The van der Waals surface area contributed by atoms with Crippen LogP contribution >= 0.6 is 0 Å². The van der Waals surface area contributed by atoms with Crippen molar-refractivity contribution in [2.45, 2.75) is 58.9 Å². The molecule has 2 rings (SSSR count). The van der Waals surface area contributed by atoms with Gasteiger partial charge in [-0.1, -0.05) is 74.5 Å². The van der Waals surface area contributed by atoms with Gasteiger partial charge in [0.05, 0.1) is 0 Å². The highest BCUT2D eigenvalue weighted by atomic mass is 16.6. The predicted octanol–water partition coefficient (Wildman–Crippen LogP) is 4.14. The fraction of sp³-hybridized carbons (Fsp3) is 0.400. The Morgan fingerprint density at radius 2 is 1.44 bits per heavy atom. The largest absolute Gasteiger partial charge is 0.459 e. The molecule has 0 aliphatic heterocycles. The van der Waals surface area contributed by atoms with E-state index in [9.17, 15) is 14.4 Å². The first-order valence-corrected chi connectivity index (χ1v) is 10.6. The van der Waals surface area contributed by atoms with E-state index in [1.807, 2.05) is 50.2 Å². The Kier molecular flexibility index (Phi) is 8.81. The van der Waals surface area contributed by atoms with Crippen molar-refractivity contribution in [1.82, 2.24) is 10.6 Å². The molecule has 0 fully saturated rings. The summed E-state index contributed by atoms with van der Waals surface area (Å²) in [6.45, 7) is 8.95. The van der Waals surface area contributed by atoms with Gasteiger partial charge in [-0.15, -0.1) is 0 Å². The normalized spacial score (nSPS) is 13.1. The molecule has 0 saturated heterocycles. The Morgan fingerprint density at radius 3 is 1.97 bits per heavy atom. The van der Waals surface area contributed by atoms with Crippen molar-refractivity contribution in [1.29, 1.82) is 0 Å². The lowest BCUT2D eigenvalue weighted by atomic mass is 10.0. The van der Waals surface area contributed by atoms with Gasteiger partial charge >= 0.3 is 12.1 Å². The van der Waals surface area contributed by atoms with Crippen molar-refractivity contribution in [2.24, 2.45) is 5.92 Å². The highest BCUT2D eigenvalue weighted by Crippen LogP contribution is 2.17. The third-order valence-electron chi connectivity index (χ3n) is 4.50. The van der Waals surface area contributed by atoms with Gasteiger partial charge in [-0.2, -0.15) is 0 Å². The second-order valence-corrected chi connectivity index (χ2v) is 8.81. The summed E-state index contributed by atoms with van der Waals surface area (Å²) in [6, 6.07) is 16.2. The van der Waals surface area contributed by atoms with E-state index in [0.717, 1.165) is 5.56 Å². The first-order valence-electron chi connectivity index (χ1n) is 10.6. The molecular formula is C25H32N2O5. The number of alkyl carbamates (subject to hydrolysis) is 1. The molecule has 7 heteroatoms. The maximum atomic E-state index is 13.1. The van der Waals surface area contributed by atoms with Crippen LogP contribution in [-0.2, 0) is 25.7 Å². The molecule has 0 radical (unpaired) electrons. The lowest BCUT2D eigenvalue weighted by Gasteiger charge is -2.26. The zero-order valence-electron chi connectivity index (χ0n) is 19.3. The molecule has 0 bridgehead atoms. The molecule has 0 spiro atoms. The first-order chi connectivity index (χ1) is 15.1. The molecule has 0 unspecified atom stereocenters. The van der Waals surface area contributed by atoms with Crippen LogP contribution < -0.4 is 10.6 Å². The van der Waals surface area contributed by atoms with Crippen LogP contribution in [0.25, 0.3) is 0 Å². The van der Waals surface area contributed by atoms with Crippen molar-refractivity contribution in [3.63, 3.8) is 0 Å². The van der Waals surface area contributed by atoms with Crippen molar-refractivity contribution in [2.75, 3.05) is 0 Å². The molecule has 2 aromatic rings. The van der Waals surface area contributed by atoms with Gasteiger partial charge in [-0.05, 0) is 37.8 Å². The summed E-state index contributed by atoms with van der Waals surface area (Å²) in [6.07, 6.45) is -0.728. The average molecular weight is 441 g/mol. The van der Waals surface area contributed by atoms with Crippen LogP contribution in [0.1, 0.15) is 51.8 Å². The smallest absolute Gasteiger partial charge is 0.408 e. The summed E-state index contributed by atoms with van der Waals surface area (Å²) in [5.74, 6) is -1.29. The molecule has 32 heavy (non-hydrogen) atoms. The highest BCUT2D eigenvalue weighted by Gasteiger charge is 2.31. The molecule has 0 heterocycles. The van der Waals surface area contributed by atoms with Crippen LogP contribution in [0, 0.1) is 5.92 Å². The van der Waals surface area contributed by atoms with E-state index in [1.54, 1.807) is 45.0 Å². The van der Waals surface area contributed by atoms with E-state index >= 15 is 0 Å². The number of benzene rings is 2. The number of ether oxygens (including phenoxy) is 2. The minimum atomic E-state index is -1.03. The number of hydrogen-bond acceptors (Lipinski definition) is 5. The fourth-order valence-corrected chi connectivity index (χ4v) is 2.92. The van der Waals surface area contributed by atoms with Gasteiger partial charge in [0.2, 0.25) is 5.91 Å². The minimum Gasteiger partial charge on any atom is -0.459 e. The van der Waals surface area contributed by atoms with Crippen LogP contribution in [0.5, 0.6) is 0 Å². The van der Waals surface area contributed by atoms with Crippen LogP contribution in [-0.4, -0.2) is 29.6 Å². The van der Waals surface area contributed by atoms with E-state index in [-0.39, 0.29) is 12.5 Å². The fourth-order valence-electron chi connectivity index (χ4n) is 2.92. The van der Waals surface area contributed by atoms with Gasteiger partial charge in [0.1, 0.15) is 24.3 Å². The van der Waals surface area contributed by atoms with Gasteiger partial charge in [0.15, 0.2) is 0 Å². The molecule has 0 aromatic heterocycles. The van der Waals surface area contributed by atoms with Crippen molar-refractivity contribution >= 4 is 18.0 Å². The lowest BCUT2D eigenvalue weighted by Crippen LogP contribution is -2.50. The SMILES string of the molecule is CC(C)[C@H](NC(=O)[C@@H](NC(=O)OC(C)(C)C)c1ccccc1)C(=O)OCc1ccccc1. The number of rotatable bonds is 8. The number of amides is 2. The summed E-state index contributed by atoms with van der Waals surface area (Å²) in [4.78, 5) is 38.2. The minimum absolute atomic E-state index is 0.108. The van der Waals surface area contributed by atoms with Gasteiger partial charge < -0.3 is 20.1 Å². The van der Waals surface area contributed by atoms with Crippen molar-refractivity contribution in [3.05, 3.63) is 71.8 Å². The molecule has 2 amide bonds. The van der Waals surface area contributed by atoms with Crippen LogP contribution in [0.3, 0.4) is 0 Å². The van der Waals surface area contributed by atoms with E-state index in [0.29, 0.717) is 5.56 Å². The van der Waals surface area contributed by atoms with Crippen LogP contribution in [0.15, 0.2) is 60.7 Å². The third kappa shape index (κ3) is 8.06. The summed E-state index contributed by atoms with van der Waals surface area (Å²) in [5.41, 5.74) is 0.697.